The number of nitrogens with one attached hydrogen (secondary N) is 1. The van der Waals surface area contributed by atoms with Gasteiger partial charge in [0, 0.05) is 6.04 Å². The first-order valence-electron chi connectivity index (χ1n) is 5.05. The van der Waals surface area contributed by atoms with Gasteiger partial charge in [-0.2, -0.15) is 0 Å². The van der Waals surface area contributed by atoms with Crippen LogP contribution in [0.15, 0.2) is 0 Å². The van der Waals surface area contributed by atoms with Crippen molar-refractivity contribution >= 4 is 5.97 Å². The summed E-state index contributed by atoms with van der Waals surface area (Å²) in [4.78, 5) is 10.5. The van der Waals surface area contributed by atoms with E-state index in [9.17, 15) is 4.79 Å². The van der Waals surface area contributed by atoms with Gasteiger partial charge in [0.05, 0.1) is 5.92 Å². The molecule has 13 heavy (non-hydrogen) atoms. The molecule has 1 rings (SSSR count). The highest BCUT2D eigenvalue weighted by Gasteiger charge is 2.33. The van der Waals surface area contributed by atoms with Gasteiger partial charge in [-0.1, -0.05) is 13.8 Å². The van der Waals surface area contributed by atoms with E-state index in [1.54, 1.807) is 0 Å². The summed E-state index contributed by atoms with van der Waals surface area (Å²) in [7, 11) is 0. The Morgan fingerprint density at radius 3 is 2.62 bits per heavy atom. The second-order valence-electron chi connectivity index (χ2n) is 4.34. The van der Waals surface area contributed by atoms with Crippen molar-refractivity contribution in [3.8, 4) is 0 Å². The van der Waals surface area contributed by atoms with Crippen molar-refractivity contribution in [3.63, 3.8) is 0 Å². The van der Waals surface area contributed by atoms with Crippen LogP contribution in [-0.4, -0.2) is 23.7 Å². The Kier molecular flexibility index (Phi) is 3.72. The molecule has 1 saturated carbocycles. The van der Waals surface area contributed by atoms with Crippen LogP contribution < -0.4 is 5.32 Å². The molecule has 0 aromatic rings. The highest BCUT2D eigenvalue weighted by Crippen LogP contribution is 2.27. The van der Waals surface area contributed by atoms with E-state index in [0.717, 1.165) is 25.3 Å². The lowest BCUT2D eigenvalue weighted by atomic mass is 9.80. The predicted octanol–water partition coefficient (Wildman–Crippen LogP) is 1.49. The van der Waals surface area contributed by atoms with Crippen molar-refractivity contribution in [1.29, 1.82) is 0 Å². The van der Waals surface area contributed by atoms with E-state index in [1.165, 1.54) is 6.42 Å². The normalized spacial score (nSPS) is 27.3. The van der Waals surface area contributed by atoms with Gasteiger partial charge in [0.2, 0.25) is 0 Å². The molecule has 0 spiro atoms. The lowest BCUT2D eigenvalue weighted by Crippen LogP contribution is -2.44. The minimum atomic E-state index is -0.637. The largest absolute Gasteiger partial charge is 0.481 e. The summed E-state index contributed by atoms with van der Waals surface area (Å²) < 4.78 is 0. The topological polar surface area (TPSA) is 49.3 Å². The maximum absolute atomic E-state index is 10.5. The van der Waals surface area contributed by atoms with Crippen molar-refractivity contribution in [3.05, 3.63) is 0 Å². The summed E-state index contributed by atoms with van der Waals surface area (Å²) in [5.74, 6) is 0.00121. The average Bonchev–Trinajstić information content (AvgIpc) is 1.92. The molecule has 3 heteroatoms. The summed E-state index contributed by atoms with van der Waals surface area (Å²) in [5, 5.41) is 12.0. The van der Waals surface area contributed by atoms with Gasteiger partial charge in [0.1, 0.15) is 0 Å². The lowest BCUT2D eigenvalue weighted by molar-refractivity contribution is -0.145. The smallest absolute Gasteiger partial charge is 0.306 e. The molecule has 0 heterocycles. The summed E-state index contributed by atoms with van der Waals surface area (Å²) >= 11 is 0. The highest BCUT2D eigenvalue weighted by atomic mass is 16.4. The zero-order valence-electron chi connectivity index (χ0n) is 8.42. The van der Waals surface area contributed by atoms with E-state index >= 15 is 0 Å². The molecule has 0 aliphatic heterocycles. The Balaban J connectivity index is 1.99. The third-order valence-corrected chi connectivity index (χ3v) is 2.64. The second kappa shape index (κ2) is 4.61. The number of rotatable bonds is 5. The van der Waals surface area contributed by atoms with Crippen molar-refractivity contribution in [2.45, 2.75) is 39.2 Å². The van der Waals surface area contributed by atoms with Crippen molar-refractivity contribution < 1.29 is 9.90 Å². The van der Waals surface area contributed by atoms with Gasteiger partial charge in [-0.25, -0.2) is 0 Å². The maximum Gasteiger partial charge on any atom is 0.306 e. The summed E-state index contributed by atoms with van der Waals surface area (Å²) in [6.45, 7) is 5.42. The predicted molar refractivity (Wildman–Crippen MR) is 51.6 cm³/mol. The van der Waals surface area contributed by atoms with Crippen LogP contribution in [0.1, 0.15) is 33.1 Å². The summed E-state index contributed by atoms with van der Waals surface area (Å²) in [5.41, 5.74) is 0. The molecule has 0 atom stereocenters. The first-order chi connectivity index (χ1) is 6.09. The van der Waals surface area contributed by atoms with Gasteiger partial charge in [-0.15, -0.1) is 0 Å². The van der Waals surface area contributed by atoms with Crippen LogP contribution >= 0.6 is 0 Å². The minimum Gasteiger partial charge on any atom is -0.481 e. The third-order valence-electron chi connectivity index (χ3n) is 2.64. The van der Waals surface area contributed by atoms with Crippen LogP contribution in [0.4, 0.5) is 0 Å². The van der Waals surface area contributed by atoms with Gasteiger partial charge < -0.3 is 10.4 Å². The van der Waals surface area contributed by atoms with Crippen LogP contribution in [0.2, 0.25) is 0 Å². The molecule has 0 amide bonds. The first-order valence-corrected chi connectivity index (χ1v) is 5.05. The molecular weight excluding hydrogens is 166 g/mol. The SMILES string of the molecule is CC(C)CCNC1CC(C(=O)O)C1. The number of hydrogen-bond acceptors (Lipinski definition) is 2. The Morgan fingerprint density at radius 2 is 2.15 bits per heavy atom. The van der Waals surface area contributed by atoms with E-state index < -0.39 is 5.97 Å². The van der Waals surface area contributed by atoms with Crippen LogP contribution in [0.25, 0.3) is 0 Å². The number of carbonyl (C=O) groups is 1. The highest BCUT2D eigenvalue weighted by molar-refractivity contribution is 5.71. The van der Waals surface area contributed by atoms with E-state index in [1.807, 2.05) is 0 Å². The average molecular weight is 185 g/mol. The second-order valence-corrected chi connectivity index (χ2v) is 4.34. The maximum atomic E-state index is 10.5. The van der Waals surface area contributed by atoms with Crippen molar-refractivity contribution in [2.24, 2.45) is 11.8 Å². The number of carboxylic acids is 1. The molecule has 0 bridgehead atoms. The van der Waals surface area contributed by atoms with E-state index in [4.69, 9.17) is 5.11 Å². The van der Waals surface area contributed by atoms with Crippen LogP contribution in [-0.2, 0) is 4.79 Å². The standard InChI is InChI=1S/C10H19NO2/c1-7(2)3-4-11-9-5-8(6-9)10(12)13/h7-9,11H,3-6H2,1-2H3,(H,12,13). The molecule has 0 aromatic heterocycles. The molecule has 1 aliphatic carbocycles. The van der Waals surface area contributed by atoms with Gasteiger partial charge in [-0.3, -0.25) is 4.79 Å². The molecule has 2 N–H and O–H groups in total. The Bertz CT molecular complexity index is 174. The molecule has 1 fully saturated rings. The Hall–Kier alpha value is -0.570. The summed E-state index contributed by atoms with van der Waals surface area (Å²) in [6.07, 6.45) is 2.80. The molecule has 0 saturated heterocycles. The molecule has 0 aromatic carbocycles. The molecule has 76 valence electrons. The van der Waals surface area contributed by atoms with Crippen molar-refractivity contribution in [1.82, 2.24) is 5.32 Å². The molecular formula is C10H19NO2. The zero-order valence-corrected chi connectivity index (χ0v) is 8.42. The van der Waals surface area contributed by atoms with Crippen LogP contribution in [0.5, 0.6) is 0 Å². The lowest BCUT2D eigenvalue weighted by Gasteiger charge is -2.33. The van der Waals surface area contributed by atoms with Gasteiger partial charge >= 0.3 is 5.97 Å². The molecule has 1 aliphatic rings. The first kappa shape index (κ1) is 10.5. The van der Waals surface area contributed by atoms with E-state index in [-0.39, 0.29) is 5.92 Å². The van der Waals surface area contributed by atoms with E-state index in [2.05, 4.69) is 19.2 Å². The van der Waals surface area contributed by atoms with Gasteiger partial charge in [0.25, 0.3) is 0 Å². The fourth-order valence-corrected chi connectivity index (χ4v) is 1.56. The molecule has 3 nitrogen and oxygen atoms in total. The quantitative estimate of drug-likeness (QED) is 0.682. The molecule has 0 unspecified atom stereocenters. The summed E-state index contributed by atoms with van der Waals surface area (Å²) in [6, 6.07) is 0.458. The third kappa shape index (κ3) is 3.35. The van der Waals surface area contributed by atoms with Crippen LogP contribution in [0, 0.1) is 11.8 Å². The minimum absolute atomic E-state index is 0.0865. The monoisotopic (exact) mass is 185 g/mol. The van der Waals surface area contributed by atoms with E-state index in [0.29, 0.717) is 6.04 Å². The van der Waals surface area contributed by atoms with Crippen LogP contribution in [0.3, 0.4) is 0 Å². The molecule has 0 radical (unpaired) electrons. The van der Waals surface area contributed by atoms with Crippen molar-refractivity contribution in [2.75, 3.05) is 6.54 Å². The zero-order chi connectivity index (χ0) is 9.84. The number of hydrogen-bond donors (Lipinski definition) is 2. The number of carboxylic acid groups (broad SMARTS) is 1. The fraction of sp³-hybridized carbons (Fsp3) is 0.900. The van der Waals surface area contributed by atoms with Gasteiger partial charge in [0.15, 0.2) is 0 Å². The number of aliphatic carboxylic acids is 1. The fourth-order valence-electron chi connectivity index (χ4n) is 1.56. The Labute approximate surface area is 79.5 Å². The Morgan fingerprint density at radius 1 is 1.54 bits per heavy atom. The van der Waals surface area contributed by atoms with Gasteiger partial charge in [-0.05, 0) is 31.7 Å².